The zero-order valence-corrected chi connectivity index (χ0v) is 18.1. The van der Waals surface area contributed by atoms with Gasteiger partial charge in [-0.05, 0) is 19.9 Å². The molecule has 26 heavy (non-hydrogen) atoms. The summed E-state index contributed by atoms with van der Waals surface area (Å²) in [5, 5.41) is 3.09. The second-order valence-corrected chi connectivity index (χ2v) is 9.13. The molecule has 1 heterocycles. The highest BCUT2D eigenvalue weighted by molar-refractivity contribution is 14.0. The van der Waals surface area contributed by atoms with Crippen molar-refractivity contribution in [1.29, 1.82) is 0 Å². The predicted octanol–water partition coefficient (Wildman–Crippen LogP) is 2.49. The van der Waals surface area contributed by atoms with Crippen LogP contribution in [0.3, 0.4) is 0 Å². The van der Waals surface area contributed by atoms with E-state index in [0.717, 1.165) is 0 Å². The van der Waals surface area contributed by atoms with Gasteiger partial charge in [-0.15, -0.1) is 24.0 Å². The highest BCUT2D eigenvalue weighted by Gasteiger charge is 2.40. The third kappa shape index (κ3) is 5.41. The Labute approximate surface area is 169 Å². The summed E-state index contributed by atoms with van der Waals surface area (Å²) >= 11 is 0. The first kappa shape index (κ1) is 22.9. The van der Waals surface area contributed by atoms with E-state index in [1.807, 2.05) is 4.90 Å². The van der Waals surface area contributed by atoms with Gasteiger partial charge >= 0.3 is 6.61 Å². The molecule has 148 valence electrons. The molecule has 1 saturated heterocycles. The molecule has 0 aliphatic carbocycles. The number of aliphatic imine (C=N–C) groups is 1. The molecule has 0 radical (unpaired) electrons. The monoisotopic (exact) mass is 503 g/mol. The fraction of sp³-hybridized carbons (Fsp3) is 0.562. The molecule has 0 spiro atoms. The first-order valence-corrected chi connectivity index (χ1v) is 9.52. The number of para-hydroxylation sites is 1. The van der Waals surface area contributed by atoms with Gasteiger partial charge < -0.3 is 15.0 Å². The third-order valence-electron chi connectivity index (χ3n) is 4.18. The highest BCUT2D eigenvalue weighted by atomic mass is 127. The Hall–Kier alpha value is -1.17. The lowest BCUT2D eigenvalue weighted by molar-refractivity contribution is -0.0504. The molecule has 10 heteroatoms. The van der Waals surface area contributed by atoms with Gasteiger partial charge in [-0.2, -0.15) is 8.78 Å². The standard InChI is InChI=1S/C16H23F2N3O3S.HI/c1-16(2)11-21(8-9-25(16,22)23)15(19-3)20-10-12-6-4-5-7-13(12)24-14(17)18;/h4-7,14H,8-11H2,1-3H3,(H,19,20);1H. The number of hydrogen-bond acceptors (Lipinski definition) is 4. The Morgan fingerprint density at radius 2 is 2.04 bits per heavy atom. The van der Waals surface area contributed by atoms with Crippen LogP contribution in [0.2, 0.25) is 0 Å². The second-order valence-electron chi connectivity index (χ2n) is 6.39. The average molecular weight is 503 g/mol. The molecule has 6 nitrogen and oxygen atoms in total. The summed E-state index contributed by atoms with van der Waals surface area (Å²) in [7, 11) is -1.55. The van der Waals surface area contributed by atoms with Gasteiger partial charge in [0.2, 0.25) is 0 Å². The zero-order valence-electron chi connectivity index (χ0n) is 14.9. The molecule has 2 rings (SSSR count). The molecule has 1 N–H and O–H groups in total. The molecule has 1 aliphatic rings. The normalized spacial score (nSPS) is 19.0. The first-order chi connectivity index (χ1) is 11.7. The molecule has 1 aromatic rings. The Bertz CT molecular complexity index is 742. The number of rotatable bonds is 4. The fourth-order valence-electron chi connectivity index (χ4n) is 2.69. The summed E-state index contributed by atoms with van der Waals surface area (Å²) in [5.41, 5.74) is 0.563. The van der Waals surface area contributed by atoms with Gasteiger partial charge in [0.15, 0.2) is 15.8 Å². The van der Waals surface area contributed by atoms with E-state index in [2.05, 4.69) is 15.0 Å². The van der Waals surface area contributed by atoms with Crippen molar-refractivity contribution in [3.05, 3.63) is 29.8 Å². The van der Waals surface area contributed by atoms with Gasteiger partial charge in [-0.25, -0.2) is 8.42 Å². The van der Waals surface area contributed by atoms with Crippen molar-refractivity contribution in [2.24, 2.45) is 4.99 Å². The molecule has 0 bridgehead atoms. The summed E-state index contributed by atoms with van der Waals surface area (Å²) in [6.45, 7) is 1.36. The summed E-state index contributed by atoms with van der Waals surface area (Å²) in [6.07, 6.45) is 0. The zero-order chi connectivity index (χ0) is 18.7. The van der Waals surface area contributed by atoms with E-state index >= 15 is 0 Å². The molecule has 1 fully saturated rings. The van der Waals surface area contributed by atoms with Crippen molar-refractivity contribution in [3.8, 4) is 5.75 Å². The van der Waals surface area contributed by atoms with Crippen LogP contribution >= 0.6 is 24.0 Å². The molecule has 0 amide bonds. The summed E-state index contributed by atoms with van der Waals surface area (Å²) in [4.78, 5) is 6.04. The summed E-state index contributed by atoms with van der Waals surface area (Å²) in [5.74, 6) is 0.669. The number of alkyl halides is 2. The van der Waals surface area contributed by atoms with E-state index in [0.29, 0.717) is 24.6 Å². The fourth-order valence-corrected chi connectivity index (χ4v) is 4.06. The molecule has 0 unspecified atom stereocenters. The number of hydrogen-bond donors (Lipinski definition) is 1. The van der Waals surface area contributed by atoms with Crippen LogP contribution in [0.4, 0.5) is 8.78 Å². The molecule has 0 aromatic heterocycles. The number of benzene rings is 1. The van der Waals surface area contributed by atoms with Crippen molar-refractivity contribution in [3.63, 3.8) is 0 Å². The quantitative estimate of drug-likeness (QED) is 0.389. The Morgan fingerprint density at radius 1 is 1.38 bits per heavy atom. The van der Waals surface area contributed by atoms with Crippen LogP contribution in [-0.2, 0) is 16.4 Å². The summed E-state index contributed by atoms with van der Waals surface area (Å²) < 4.78 is 52.8. The third-order valence-corrected chi connectivity index (χ3v) is 6.71. The number of ether oxygens (including phenoxy) is 1. The lowest BCUT2D eigenvalue weighted by Crippen LogP contribution is -2.57. The van der Waals surface area contributed by atoms with Crippen LogP contribution < -0.4 is 10.1 Å². The molecule has 0 atom stereocenters. The minimum absolute atomic E-state index is 0. The minimum atomic E-state index is -3.15. The molecular weight excluding hydrogens is 479 g/mol. The Balaban J connectivity index is 0.00000338. The molecule has 1 aliphatic heterocycles. The van der Waals surface area contributed by atoms with Gasteiger partial charge in [0.05, 0.1) is 10.5 Å². The topological polar surface area (TPSA) is 71.0 Å². The van der Waals surface area contributed by atoms with E-state index in [1.165, 1.54) is 6.07 Å². The minimum Gasteiger partial charge on any atom is -0.434 e. The van der Waals surface area contributed by atoms with Crippen molar-refractivity contribution in [2.75, 3.05) is 25.9 Å². The smallest absolute Gasteiger partial charge is 0.387 e. The van der Waals surface area contributed by atoms with Crippen LogP contribution in [0.1, 0.15) is 19.4 Å². The molecule has 0 saturated carbocycles. The van der Waals surface area contributed by atoms with Crippen LogP contribution in [-0.4, -0.2) is 56.5 Å². The lowest BCUT2D eigenvalue weighted by atomic mass is 10.2. The van der Waals surface area contributed by atoms with Crippen molar-refractivity contribution in [2.45, 2.75) is 31.8 Å². The number of nitrogens with one attached hydrogen (secondary N) is 1. The Morgan fingerprint density at radius 3 is 2.62 bits per heavy atom. The van der Waals surface area contributed by atoms with Crippen molar-refractivity contribution >= 4 is 39.8 Å². The van der Waals surface area contributed by atoms with Gasteiger partial charge in [-0.1, -0.05) is 18.2 Å². The first-order valence-electron chi connectivity index (χ1n) is 7.87. The summed E-state index contributed by atoms with van der Waals surface area (Å²) in [6, 6.07) is 6.51. The number of nitrogens with zero attached hydrogens (tertiary/aromatic N) is 2. The SMILES string of the molecule is CN=C(NCc1ccccc1OC(F)F)N1CCS(=O)(=O)C(C)(C)C1.I. The van der Waals surface area contributed by atoms with Gasteiger partial charge in [-0.3, -0.25) is 4.99 Å². The van der Waals surface area contributed by atoms with Crippen LogP contribution in [0.5, 0.6) is 5.75 Å². The number of halogens is 3. The van der Waals surface area contributed by atoms with Crippen LogP contribution in [0.15, 0.2) is 29.3 Å². The van der Waals surface area contributed by atoms with E-state index in [9.17, 15) is 17.2 Å². The van der Waals surface area contributed by atoms with Crippen molar-refractivity contribution in [1.82, 2.24) is 10.2 Å². The van der Waals surface area contributed by atoms with Gasteiger partial charge in [0, 0.05) is 32.2 Å². The molecular formula is C16H24F2IN3O3S. The van der Waals surface area contributed by atoms with E-state index in [1.54, 1.807) is 39.1 Å². The van der Waals surface area contributed by atoms with Crippen LogP contribution in [0.25, 0.3) is 0 Å². The Kier molecular flexibility index (Phi) is 8.05. The lowest BCUT2D eigenvalue weighted by Gasteiger charge is -2.39. The maximum atomic E-state index is 12.5. The largest absolute Gasteiger partial charge is 0.434 e. The maximum absolute atomic E-state index is 12.5. The highest BCUT2D eigenvalue weighted by Crippen LogP contribution is 2.24. The molecule has 1 aromatic carbocycles. The van der Waals surface area contributed by atoms with Gasteiger partial charge in [0.25, 0.3) is 0 Å². The van der Waals surface area contributed by atoms with E-state index in [-0.39, 0.29) is 42.0 Å². The number of sulfone groups is 1. The van der Waals surface area contributed by atoms with Crippen LogP contribution in [0, 0.1) is 0 Å². The second kappa shape index (κ2) is 9.16. The van der Waals surface area contributed by atoms with E-state index in [4.69, 9.17) is 0 Å². The van der Waals surface area contributed by atoms with Gasteiger partial charge in [0.1, 0.15) is 5.75 Å². The predicted molar refractivity (Wildman–Crippen MR) is 108 cm³/mol. The average Bonchev–Trinajstić information content (AvgIpc) is 2.52. The van der Waals surface area contributed by atoms with E-state index < -0.39 is 21.2 Å². The number of guanidine groups is 1. The van der Waals surface area contributed by atoms with Crippen molar-refractivity contribution < 1.29 is 21.9 Å². The maximum Gasteiger partial charge on any atom is 0.387 e.